The second kappa shape index (κ2) is 10.6. The van der Waals surface area contributed by atoms with Gasteiger partial charge in [-0.25, -0.2) is 0 Å². The molecule has 1 atom stereocenters. The summed E-state index contributed by atoms with van der Waals surface area (Å²) in [5.74, 6) is 0.213. The molecule has 7 nitrogen and oxygen atoms in total. The Morgan fingerprint density at radius 2 is 1.84 bits per heavy atom. The van der Waals surface area contributed by atoms with Crippen molar-refractivity contribution in [1.29, 1.82) is 0 Å². The zero-order valence-corrected chi connectivity index (χ0v) is 20.5. The number of aryl methyl sites for hydroxylation is 1. The third kappa shape index (κ3) is 5.95. The van der Waals surface area contributed by atoms with Crippen LogP contribution in [0.1, 0.15) is 34.7 Å². The SMILES string of the molecule is Cc1cc(Cl)ccc1NC(=O)CSc1nnc([C@@H](C)NC(=O)c2ccc(Cl)c(Cl)c2)n1C. The molecule has 2 amide bonds. The van der Waals surface area contributed by atoms with Crippen molar-refractivity contribution in [2.24, 2.45) is 7.05 Å². The van der Waals surface area contributed by atoms with Crippen molar-refractivity contribution < 1.29 is 9.59 Å². The molecular formula is C21H20Cl3N5O2S. The first-order valence-corrected chi connectivity index (χ1v) is 11.6. The van der Waals surface area contributed by atoms with E-state index in [9.17, 15) is 9.59 Å². The maximum Gasteiger partial charge on any atom is 0.251 e. The Hall–Kier alpha value is -2.26. The Morgan fingerprint density at radius 3 is 2.53 bits per heavy atom. The summed E-state index contributed by atoms with van der Waals surface area (Å²) < 4.78 is 1.74. The minimum absolute atomic E-state index is 0.151. The molecule has 11 heteroatoms. The van der Waals surface area contributed by atoms with Gasteiger partial charge in [-0.2, -0.15) is 0 Å². The minimum atomic E-state index is -0.422. The third-order valence-corrected chi connectivity index (χ3v) is 6.57. The van der Waals surface area contributed by atoms with Crippen LogP contribution in [0.5, 0.6) is 0 Å². The van der Waals surface area contributed by atoms with Crippen molar-refractivity contribution in [2.75, 3.05) is 11.1 Å². The lowest BCUT2D eigenvalue weighted by Gasteiger charge is -2.14. The van der Waals surface area contributed by atoms with E-state index in [0.717, 1.165) is 5.56 Å². The van der Waals surface area contributed by atoms with Crippen LogP contribution in [0.2, 0.25) is 15.1 Å². The molecule has 1 aromatic heterocycles. The Bertz CT molecular complexity index is 1170. The van der Waals surface area contributed by atoms with Gasteiger partial charge in [0.05, 0.1) is 21.8 Å². The quantitative estimate of drug-likeness (QED) is 0.419. The predicted molar refractivity (Wildman–Crippen MR) is 129 cm³/mol. The summed E-state index contributed by atoms with van der Waals surface area (Å²) in [5.41, 5.74) is 1.97. The molecular weight excluding hydrogens is 493 g/mol. The summed E-state index contributed by atoms with van der Waals surface area (Å²) in [4.78, 5) is 24.8. The smallest absolute Gasteiger partial charge is 0.251 e. The maximum absolute atomic E-state index is 12.5. The largest absolute Gasteiger partial charge is 0.342 e. The van der Waals surface area contributed by atoms with Crippen molar-refractivity contribution in [3.63, 3.8) is 0 Å². The Morgan fingerprint density at radius 1 is 1.09 bits per heavy atom. The predicted octanol–water partition coefficient (Wildman–Crippen LogP) is 5.31. The molecule has 3 aromatic rings. The highest BCUT2D eigenvalue weighted by Gasteiger charge is 2.19. The molecule has 0 aliphatic carbocycles. The number of hydrogen-bond donors (Lipinski definition) is 2. The standard InChI is InChI=1S/C21H20Cl3N5O2S/c1-11-8-14(22)5-7-17(11)26-18(30)10-32-21-28-27-19(29(21)3)12(2)25-20(31)13-4-6-15(23)16(24)9-13/h4-9,12H,10H2,1-3H3,(H,25,31)(H,26,30)/t12-/m1/s1. The molecule has 0 spiro atoms. The summed E-state index contributed by atoms with van der Waals surface area (Å²) in [6.07, 6.45) is 0. The van der Waals surface area contributed by atoms with Crippen molar-refractivity contribution in [3.05, 3.63) is 68.4 Å². The van der Waals surface area contributed by atoms with Gasteiger partial charge in [0.2, 0.25) is 5.91 Å². The number of anilines is 1. The van der Waals surface area contributed by atoms with Gasteiger partial charge < -0.3 is 15.2 Å². The van der Waals surface area contributed by atoms with E-state index < -0.39 is 6.04 Å². The van der Waals surface area contributed by atoms with Gasteiger partial charge in [-0.05, 0) is 55.8 Å². The molecule has 2 N–H and O–H groups in total. The van der Waals surface area contributed by atoms with Crippen LogP contribution in [0.3, 0.4) is 0 Å². The number of hydrogen-bond acceptors (Lipinski definition) is 5. The zero-order chi connectivity index (χ0) is 23.4. The third-order valence-electron chi connectivity index (χ3n) is 4.58. The van der Waals surface area contributed by atoms with Crippen LogP contribution in [0.4, 0.5) is 5.69 Å². The van der Waals surface area contributed by atoms with Crippen LogP contribution in [-0.2, 0) is 11.8 Å². The van der Waals surface area contributed by atoms with Gasteiger partial charge in [0.15, 0.2) is 11.0 Å². The normalized spacial score (nSPS) is 11.8. The highest BCUT2D eigenvalue weighted by Crippen LogP contribution is 2.24. The molecule has 1 heterocycles. The Balaban J connectivity index is 1.59. The monoisotopic (exact) mass is 511 g/mol. The molecule has 0 aliphatic heterocycles. The summed E-state index contributed by atoms with van der Waals surface area (Å²) in [7, 11) is 1.78. The fourth-order valence-electron chi connectivity index (χ4n) is 2.89. The van der Waals surface area contributed by atoms with Crippen LogP contribution >= 0.6 is 46.6 Å². The van der Waals surface area contributed by atoms with Gasteiger partial charge >= 0.3 is 0 Å². The molecule has 0 saturated carbocycles. The van der Waals surface area contributed by atoms with Gasteiger partial charge in [-0.1, -0.05) is 46.6 Å². The fraction of sp³-hybridized carbons (Fsp3) is 0.238. The van der Waals surface area contributed by atoms with Crippen molar-refractivity contribution in [3.8, 4) is 0 Å². The number of rotatable bonds is 7. The number of carbonyl (C=O) groups is 2. The fourth-order valence-corrected chi connectivity index (χ4v) is 4.14. The van der Waals surface area contributed by atoms with Gasteiger partial charge in [-0.3, -0.25) is 9.59 Å². The van der Waals surface area contributed by atoms with E-state index in [4.69, 9.17) is 34.8 Å². The van der Waals surface area contributed by atoms with Crippen LogP contribution in [-0.4, -0.2) is 32.3 Å². The topological polar surface area (TPSA) is 88.9 Å². The Kier molecular flexibility index (Phi) is 8.05. The van der Waals surface area contributed by atoms with Crippen molar-refractivity contribution in [1.82, 2.24) is 20.1 Å². The van der Waals surface area contributed by atoms with E-state index >= 15 is 0 Å². The highest BCUT2D eigenvalue weighted by atomic mass is 35.5. The number of amides is 2. The van der Waals surface area contributed by atoms with Crippen LogP contribution in [0.15, 0.2) is 41.6 Å². The summed E-state index contributed by atoms with van der Waals surface area (Å²) in [6, 6.07) is 9.51. The molecule has 0 saturated heterocycles. The lowest BCUT2D eigenvalue weighted by Crippen LogP contribution is -2.28. The van der Waals surface area contributed by atoms with Crippen molar-refractivity contribution in [2.45, 2.75) is 25.0 Å². The second-order valence-corrected chi connectivity index (χ2v) is 9.21. The van der Waals surface area contributed by atoms with Crippen molar-refractivity contribution >= 4 is 64.1 Å². The van der Waals surface area contributed by atoms with E-state index in [1.807, 2.05) is 6.92 Å². The number of benzene rings is 2. The van der Waals surface area contributed by atoms with Gasteiger partial charge in [0.25, 0.3) is 5.91 Å². The van der Waals surface area contributed by atoms with E-state index in [1.165, 1.54) is 17.8 Å². The molecule has 0 aliphatic rings. The van der Waals surface area contributed by atoms with Crippen LogP contribution in [0, 0.1) is 6.92 Å². The zero-order valence-electron chi connectivity index (χ0n) is 17.4. The molecule has 0 bridgehead atoms. The number of aromatic nitrogens is 3. The summed E-state index contributed by atoms with van der Waals surface area (Å²) in [5, 5.41) is 15.9. The first-order chi connectivity index (χ1) is 15.2. The number of thioether (sulfide) groups is 1. The van der Waals surface area contributed by atoms with E-state index in [0.29, 0.717) is 37.3 Å². The lowest BCUT2D eigenvalue weighted by atomic mass is 10.2. The average molecular weight is 513 g/mol. The molecule has 0 fully saturated rings. The van der Waals surface area contributed by atoms with E-state index in [-0.39, 0.29) is 17.6 Å². The summed E-state index contributed by atoms with van der Waals surface area (Å²) in [6.45, 7) is 3.67. The number of carbonyl (C=O) groups excluding carboxylic acids is 2. The van der Waals surface area contributed by atoms with Crippen LogP contribution in [0.25, 0.3) is 0 Å². The molecule has 0 radical (unpaired) electrons. The second-order valence-electron chi connectivity index (χ2n) is 7.02. The lowest BCUT2D eigenvalue weighted by molar-refractivity contribution is -0.113. The molecule has 32 heavy (non-hydrogen) atoms. The maximum atomic E-state index is 12.5. The first kappa shape index (κ1) is 24.4. The molecule has 168 valence electrons. The van der Waals surface area contributed by atoms with Crippen LogP contribution < -0.4 is 10.6 Å². The van der Waals surface area contributed by atoms with Gasteiger partial charge in [0, 0.05) is 23.3 Å². The minimum Gasteiger partial charge on any atom is -0.342 e. The molecule has 3 rings (SSSR count). The van der Waals surface area contributed by atoms with E-state index in [2.05, 4.69) is 20.8 Å². The average Bonchev–Trinajstić information content (AvgIpc) is 3.11. The number of nitrogens with one attached hydrogen (secondary N) is 2. The first-order valence-electron chi connectivity index (χ1n) is 9.49. The number of nitrogens with zero attached hydrogens (tertiary/aromatic N) is 3. The molecule has 0 unspecified atom stereocenters. The van der Waals surface area contributed by atoms with Gasteiger partial charge in [-0.15, -0.1) is 10.2 Å². The Labute approximate surface area is 204 Å². The highest BCUT2D eigenvalue weighted by molar-refractivity contribution is 7.99. The van der Waals surface area contributed by atoms with Gasteiger partial charge in [0.1, 0.15) is 0 Å². The summed E-state index contributed by atoms with van der Waals surface area (Å²) >= 11 is 19.1. The van der Waals surface area contributed by atoms with E-state index in [1.54, 1.807) is 48.9 Å². The number of halogens is 3. The molecule has 2 aromatic carbocycles.